The van der Waals surface area contributed by atoms with Crippen molar-refractivity contribution in [2.75, 3.05) is 6.54 Å². The Balaban J connectivity index is 2.05. The normalized spacial score (nSPS) is 9.86. The zero-order valence-electron chi connectivity index (χ0n) is 11.9. The van der Waals surface area contributed by atoms with Gasteiger partial charge in [0.1, 0.15) is 5.75 Å². The summed E-state index contributed by atoms with van der Waals surface area (Å²) < 4.78 is 5.57. The third-order valence-electron chi connectivity index (χ3n) is 2.86. The van der Waals surface area contributed by atoms with Crippen LogP contribution in [-0.4, -0.2) is 35.0 Å². The van der Waals surface area contributed by atoms with E-state index in [0.29, 0.717) is 30.0 Å². The molecule has 0 atom stereocenters. The molecule has 2 rings (SSSR count). The molecule has 0 bridgehead atoms. The second-order valence-corrected chi connectivity index (χ2v) is 4.55. The number of benzene rings is 1. The van der Waals surface area contributed by atoms with Gasteiger partial charge in [-0.15, -0.1) is 0 Å². The topological polar surface area (TPSA) is 76.6 Å². The second-order valence-electron chi connectivity index (χ2n) is 4.55. The summed E-state index contributed by atoms with van der Waals surface area (Å²) in [4.78, 5) is 37.8. The first-order chi connectivity index (χ1) is 10.6. The highest BCUT2D eigenvalue weighted by molar-refractivity contribution is 5.99. The number of aromatic nitrogens is 1. The van der Waals surface area contributed by atoms with Crippen LogP contribution in [0.1, 0.15) is 16.1 Å². The Hall–Kier alpha value is -3.02. The van der Waals surface area contributed by atoms with Gasteiger partial charge in [0.25, 0.3) is 0 Å². The first kappa shape index (κ1) is 15.4. The summed E-state index contributed by atoms with van der Waals surface area (Å²) in [5.41, 5.74) is 1.23. The number of ketones is 1. The van der Waals surface area contributed by atoms with Crippen molar-refractivity contribution in [2.45, 2.75) is 6.92 Å². The number of pyridine rings is 1. The van der Waals surface area contributed by atoms with Gasteiger partial charge in [-0.1, -0.05) is 6.07 Å². The van der Waals surface area contributed by atoms with Crippen LogP contribution in [0.2, 0.25) is 0 Å². The Morgan fingerprint density at radius 1 is 1.14 bits per heavy atom. The van der Waals surface area contributed by atoms with Crippen molar-refractivity contribution in [3.8, 4) is 11.6 Å². The molecule has 22 heavy (non-hydrogen) atoms. The van der Waals surface area contributed by atoms with Gasteiger partial charge in [-0.05, 0) is 37.3 Å². The summed E-state index contributed by atoms with van der Waals surface area (Å²) in [7, 11) is 0. The Morgan fingerprint density at radius 3 is 2.41 bits per heavy atom. The smallest absolute Gasteiger partial charge is 0.219 e. The quantitative estimate of drug-likeness (QED) is 0.577. The average molecular weight is 298 g/mol. The zero-order valence-corrected chi connectivity index (χ0v) is 11.9. The summed E-state index contributed by atoms with van der Waals surface area (Å²) in [5.74, 6) is 0.670. The summed E-state index contributed by atoms with van der Waals surface area (Å²) in [6.07, 6.45) is 0.623. The van der Waals surface area contributed by atoms with Crippen LogP contribution in [0.4, 0.5) is 0 Å². The molecule has 0 aliphatic carbocycles. The molecule has 0 saturated heterocycles. The number of carbonyl (C=O) groups is 3. The lowest BCUT2D eigenvalue weighted by Gasteiger charge is -2.09. The minimum Gasteiger partial charge on any atom is -0.439 e. The SMILES string of the molecule is Cc1cccc(Oc2ccc(C(=O)CN(C=O)C=O)cc2)n1. The number of nitrogens with zero attached hydrogens (tertiary/aromatic N) is 2. The predicted molar refractivity (Wildman–Crippen MR) is 78.7 cm³/mol. The number of carbonyl (C=O) groups excluding carboxylic acids is 3. The Bertz CT molecular complexity index is 675. The fraction of sp³-hybridized carbons (Fsp3) is 0.125. The van der Waals surface area contributed by atoms with Gasteiger partial charge in [0.15, 0.2) is 5.78 Å². The molecule has 1 aromatic carbocycles. The minimum absolute atomic E-state index is 0.285. The van der Waals surface area contributed by atoms with Crippen molar-refractivity contribution in [1.82, 2.24) is 9.88 Å². The van der Waals surface area contributed by atoms with Gasteiger partial charge in [0.2, 0.25) is 18.7 Å². The van der Waals surface area contributed by atoms with E-state index < -0.39 is 0 Å². The van der Waals surface area contributed by atoms with E-state index >= 15 is 0 Å². The highest BCUT2D eigenvalue weighted by Crippen LogP contribution is 2.20. The molecule has 0 N–H and O–H groups in total. The molecular formula is C16H14N2O4. The van der Waals surface area contributed by atoms with Crippen molar-refractivity contribution >= 4 is 18.6 Å². The Labute approximate surface area is 127 Å². The number of rotatable bonds is 7. The molecule has 6 heteroatoms. The number of aryl methyl sites for hydroxylation is 1. The number of hydrogen-bond acceptors (Lipinski definition) is 5. The second kappa shape index (κ2) is 7.12. The van der Waals surface area contributed by atoms with Crippen molar-refractivity contribution < 1.29 is 19.1 Å². The van der Waals surface area contributed by atoms with Crippen LogP contribution in [0.3, 0.4) is 0 Å². The molecule has 1 heterocycles. The van der Waals surface area contributed by atoms with Crippen LogP contribution in [0.25, 0.3) is 0 Å². The number of amides is 2. The van der Waals surface area contributed by atoms with Crippen LogP contribution >= 0.6 is 0 Å². The Morgan fingerprint density at radius 2 is 1.82 bits per heavy atom. The van der Waals surface area contributed by atoms with Gasteiger partial charge in [0.05, 0.1) is 6.54 Å². The van der Waals surface area contributed by atoms with E-state index in [1.54, 1.807) is 30.3 Å². The highest BCUT2D eigenvalue weighted by Gasteiger charge is 2.10. The van der Waals surface area contributed by atoms with Gasteiger partial charge >= 0.3 is 0 Å². The average Bonchev–Trinajstić information content (AvgIpc) is 2.53. The third-order valence-corrected chi connectivity index (χ3v) is 2.86. The van der Waals surface area contributed by atoms with Crippen LogP contribution in [0.15, 0.2) is 42.5 Å². The molecular weight excluding hydrogens is 284 g/mol. The van der Waals surface area contributed by atoms with Gasteiger partial charge in [0, 0.05) is 17.3 Å². The fourth-order valence-corrected chi connectivity index (χ4v) is 1.76. The van der Waals surface area contributed by atoms with Gasteiger partial charge in [-0.25, -0.2) is 4.98 Å². The number of Topliss-reactive ketones (excluding diaryl/α,β-unsaturated/α-hetero) is 1. The number of hydrogen-bond donors (Lipinski definition) is 0. The van der Waals surface area contributed by atoms with E-state index in [0.717, 1.165) is 10.6 Å². The minimum atomic E-state index is -0.334. The first-order valence-corrected chi connectivity index (χ1v) is 6.53. The molecule has 0 saturated carbocycles. The van der Waals surface area contributed by atoms with E-state index in [1.807, 2.05) is 19.1 Å². The van der Waals surface area contributed by atoms with Crippen LogP contribution in [-0.2, 0) is 9.59 Å². The summed E-state index contributed by atoms with van der Waals surface area (Å²) in [6.45, 7) is 1.58. The van der Waals surface area contributed by atoms with E-state index in [4.69, 9.17) is 4.74 Å². The fourth-order valence-electron chi connectivity index (χ4n) is 1.76. The largest absolute Gasteiger partial charge is 0.439 e. The van der Waals surface area contributed by atoms with Crippen LogP contribution < -0.4 is 4.74 Å². The standard InChI is InChI=1S/C16H14N2O4/c1-12-3-2-4-16(17-12)22-14-7-5-13(6-8-14)15(21)9-18(10-19)11-20/h2-8,10-11H,9H2,1H3. The molecule has 6 nitrogen and oxygen atoms in total. The monoisotopic (exact) mass is 298 g/mol. The van der Waals surface area contributed by atoms with Gasteiger partial charge in [-0.3, -0.25) is 19.3 Å². The Kier molecular flexibility index (Phi) is 4.98. The van der Waals surface area contributed by atoms with Crippen molar-refractivity contribution in [2.24, 2.45) is 0 Å². The first-order valence-electron chi connectivity index (χ1n) is 6.53. The number of ether oxygens (including phenoxy) is 1. The van der Waals surface area contributed by atoms with E-state index in [9.17, 15) is 14.4 Å². The summed E-state index contributed by atoms with van der Waals surface area (Å²) in [5, 5.41) is 0. The van der Waals surface area contributed by atoms with Crippen molar-refractivity contribution in [3.63, 3.8) is 0 Å². The summed E-state index contributed by atoms with van der Waals surface area (Å²) in [6, 6.07) is 11.8. The highest BCUT2D eigenvalue weighted by atomic mass is 16.5. The molecule has 0 radical (unpaired) electrons. The molecule has 2 aromatic rings. The van der Waals surface area contributed by atoms with E-state index in [2.05, 4.69) is 4.98 Å². The maximum Gasteiger partial charge on any atom is 0.219 e. The van der Waals surface area contributed by atoms with Crippen molar-refractivity contribution in [3.05, 3.63) is 53.7 Å². The van der Waals surface area contributed by atoms with Crippen LogP contribution in [0.5, 0.6) is 11.6 Å². The van der Waals surface area contributed by atoms with Crippen molar-refractivity contribution in [1.29, 1.82) is 0 Å². The maximum absolute atomic E-state index is 11.9. The molecule has 0 aliphatic rings. The lowest BCUT2D eigenvalue weighted by atomic mass is 10.1. The predicted octanol–water partition coefficient (Wildman–Crippen LogP) is 1.98. The van der Waals surface area contributed by atoms with E-state index in [1.165, 1.54) is 0 Å². The third kappa shape index (κ3) is 3.99. The van der Waals surface area contributed by atoms with E-state index in [-0.39, 0.29) is 12.3 Å². The molecule has 0 fully saturated rings. The number of imide groups is 1. The maximum atomic E-state index is 11.9. The zero-order chi connectivity index (χ0) is 15.9. The molecule has 112 valence electrons. The molecule has 1 aromatic heterocycles. The lowest BCUT2D eigenvalue weighted by molar-refractivity contribution is -0.128. The molecule has 0 aliphatic heterocycles. The van der Waals surface area contributed by atoms with Crippen LogP contribution in [0, 0.1) is 6.92 Å². The summed E-state index contributed by atoms with van der Waals surface area (Å²) >= 11 is 0. The van der Waals surface area contributed by atoms with Gasteiger partial charge < -0.3 is 4.74 Å². The molecule has 2 amide bonds. The lowest BCUT2D eigenvalue weighted by Crippen LogP contribution is -2.27. The molecule has 0 unspecified atom stereocenters. The van der Waals surface area contributed by atoms with Gasteiger partial charge in [-0.2, -0.15) is 0 Å². The molecule has 0 spiro atoms.